The summed E-state index contributed by atoms with van der Waals surface area (Å²) in [5.74, 6) is 0.590. The molecule has 0 aliphatic rings. The molecule has 0 aromatic carbocycles. The average Bonchev–Trinajstić information content (AvgIpc) is 3.35. The van der Waals surface area contributed by atoms with Gasteiger partial charge in [-0.1, -0.05) is 0 Å². The predicted octanol–water partition coefficient (Wildman–Crippen LogP) is 2.00. The van der Waals surface area contributed by atoms with E-state index < -0.39 is 0 Å². The van der Waals surface area contributed by atoms with Crippen LogP contribution in [0.5, 0.6) is 0 Å². The highest BCUT2D eigenvalue weighted by Crippen LogP contribution is 2.18. The molecule has 1 amide bonds. The normalized spacial score (nSPS) is 11.2. The maximum atomic E-state index is 12.2. The summed E-state index contributed by atoms with van der Waals surface area (Å²) in [5, 5.41) is 11.5. The van der Waals surface area contributed by atoms with Crippen molar-refractivity contribution in [1.82, 2.24) is 29.7 Å². The maximum Gasteiger partial charge on any atom is 0.254 e. The van der Waals surface area contributed by atoms with Gasteiger partial charge >= 0.3 is 0 Å². The lowest BCUT2D eigenvalue weighted by Gasteiger charge is -2.03. The van der Waals surface area contributed by atoms with Gasteiger partial charge in [0.15, 0.2) is 11.4 Å². The van der Waals surface area contributed by atoms with Crippen molar-refractivity contribution in [3.63, 3.8) is 0 Å². The summed E-state index contributed by atoms with van der Waals surface area (Å²) in [7, 11) is 1.81. The Morgan fingerprint density at radius 2 is 2.23 bits per heavy atom. The zero-order chi connectivity index (χ0) is 18.1. The van der Waals surface area contributed by atoms with Crippen molar-refractivity contribution in [1.29, 1.82) is 0 Å². The first kappa shape index (κ1) is 16.1. The first-order chi connectivity index (χ1) is 12.6. The Morgan fingerprint density at radius 3 is 2.96 bits per heavy atom. The molecule has 4 heterocycles. The molecule has 26 heavy (non-hydrogen) atoms. The summed E-state index contributed by atoms with van der Waals surface area (Å²) in [4.78, 5) is 16.8. The van der Waals surface area contributed by atoms with Crippen LogP contribution in [-0.4, -0.2) is 36.8 Å². The summed E-state index contributed by atoms with van der Waals surface area (Å²) >= 11 is 0. The maximum absolute atomic E-state index is 12.2. The number of hydrogen-bond acceptors (Lipinski definition) is 5. The monoisotopic (exact) mass is 350 g/mol. The quantitative estimate of drug-likeness (QED) is 0.594. The molecule has 4 rings (SSSR count). The first-order valence-corrected chi connectivity index (χ1v) is 8.28. The van der Waals surface area contributed by atoms with Gasteiger partial charge in [-0.25, -0.2) is 9.50 Å². The highest BCUT2D eigenvalue weighted by atomic mass is 16.3. The molecule has 0 unspecified atom stereocenters. The van der Waals surface area contributed by atoms with E-state index in [0.29, 0.717) is 24.3 Å². The van der Waals surface area contributed by atoms with Gasteiger partial charge in [0.2, 0.25) is 0 Å². The van der Waals surface area contributed by atoms with Gasteiger partial charge in [0, 0.05) is 38.0 Å². The minimum absolute atomic E-state index is 0.127. The van der Waals surface area contributed by atoms with Crippen LogP contribution < -0.4 is 5.32 Å². The van der Waals surface area contributed by atoms with E-state index in [1.807, 2.05) is 44.4 Å². The van der Waals surface area contributed by atoms with Crippen molar-refractivity contribution < 1.29 is 9.21 Å². The summed E-state index contributed by atoms with van der Waals surface area (Å²) in [5.41, 5.74) is 3.78. The molecule has 8 heteroatoms. The molecule has 0 radical (unpaired) electrons. The minimum Gasteiger partial charge on any atom is -0.463 e. The molecule has 4 aromatic heterocycles. The van der Waals surface area contributed by atoms with Crippen molar-refractivity contribution in [2.75, 3.05) is 6.54 Å². The number of hydrogen-bond donors (Lipinski definition) is 1. The number of rotatable bonds is 5. The smallest absolute Gasteiger partial charge is 0.254 e. The van der Waals surface area contributed by atoms with Crippen LogP contribution in [0.1, 0.15) is 21.7 Å². The van der Waals surface area contributed by atoms with E-state index >= 15 is 0 Å². The van der Waals surface area contributed by atoms with Gasteiger partial charge in [0.25, 0.3) is 5.91 Å². The van der Waals surface area contributed by atoms with Crippen molar-refractivity contribution in [2.24, 2.45) is 7.05 Å². The van der Waals surface area contributed by atoms with E-state index in [2.05, 4.69) is 20.5 Å². The molecule has 132 valence electrons. The van der Waals surface area contributed by atoms with Gasteiger partial charge < -0.3 is 9.73 Å². The largest absolute Gasteiger partial charge is 0.463 e. The number of aromatic nitrogens is 5. The summed E-state index contributed by atoms with van der Waals surface area (Å²) in [6.45, 7) is 2.36. The second-order valence-electron chi connectivity index (χ2n) is 6.00. The van der Waals surface area contributed by atoms with Crippen LogP contribution in [0.3, 0.4) is 0 Å². The fraction of sp³-hybridized carbons (Fsp3) is 0.222. The van der Waals surface area contributed by atoms with E-state index in [1.54, 1.807) is 21.7 Å². The zero-order valence-electron chi connectivity index (χ0n) is 14.5. The van der Waals surface area contributed by atoms with Crippen LogP contribution in [-0.2, 0) is 13.5 Å². The molecule has 0 aliphatic carbocycles. The molecule has 0 saturated carbocycles. The van der Waals surface area contributed by atoms with Gasteiger partial charge in [-0.05, 0) is 25.1 Å². The Kier molecular flexibility index (Phi) is 4.00. The summed E-state index contributed by atoms with van der Waals surface area (Å²) in [6, 6.07) is 7.46. The number of nitrogens with one attached hydrogen (secondary N) is 1. The molecule has 0 atom stereocenters. The first-order valence-electron chi connectivity index (χ1n) is 8.28. The zero-order valence-corrected chi connectivity index (χ0v) is 14.5. The topological polar surface area (TPSA) is 90.2 Å². The highest BCUT2D eigenvalue weighted by Gasteiger charge is 2.12. The number of fused-ring (bicyclic) bond motifs is 1. The lowest BCUT2D eigenvalue weighted by atomic mass is 10.2. The minimum atomic E-state index is -0.127. The fourth-order valence-electron chi connectivity index (χ4n) is 2.73. The molecule has 0 aliphatic heterocycles. The third-order valence-electron chi connectivity index (χ3n) is 4.30. The van der Waals surface area contributed by atoms with Crippen LogP contribution in [0.4, 0.5) is 0 Å². The van der Waals surface area contributed by atoms with Gasteiger partial charge in [0.1, 0.15) is 5.69 Å². The van der Waals surface area contributed by atoms with E-state index in [-0.39, 0.29) is 5.91 Å². The summed E-state index contributed by atoms with van der Waals surface area (Å²) in [6.07, 6.45) is 5.66. The van der Waals surface area contributed by atoms with Gasteiger partial charge in [0.05, 0.1) is 23.7 Å². The van der Waals surface area contributed by atoms with Gasteiger partial charge in [-0.3, -0.25) is 9.48 Å². The fourth-order valence-corrected chi connectivity index (χ4v) is 2.73. The number of carbonyl (C=O) groups excluding carboxylic acids is 1. The van der Waals surface area contributed by atoms with Crippen LogP contribution in [0, 0.1) is 6.92 Å². The molecule has 0 bridgehead atoms. The number of furan rings is 1. The number of nitrogens with zero attached hydrogens (tertiary/aromatic N) is 5. The van der Waals surface area contributed by atoms with Crippen LogP contribution >= 0.6 is 0 Å². The molecule has 0 spiro atoms. The molecular formula is C18H18N6O2. The van der Waals surface area contributed by atoms with Crippen molar-refractivity contribution in [3.8, 4) is 11.5 Å². The predicted molar refractivity (Wildman–Crippen MR) is 94.7 cm³/mol. The number of amides is 1. The second kappa shape index (κ2) is 6.47. The lowest BCUT2D eigenvalue weighted by molar-refractivity contribution is 0.0953. The molecule has 0 fully saturated rings. The number of aryl methyl sites for hydroxylation is 1. The molecule has 8 nitrogen and oxygen atoms in total. The third-order valence-corrected chi connectivity index (χ3v) is 4.30. The van der Waals surface area contributed by atoms with Crippen LogP contribution in [0.25, 0.3) is 17.1 Å². The lowest BCUT2D eigenvalue weighted by Crippen LogP contribution is -2.26. The van der Waals surface area contributed by atoms with Crippen molar-refractivity contribution in [3.05, 3.63) is 59.9 Å². The van der Waals surface area contributed by atoms with E-state index in [0.717, 1.165) is 22.7 Å². The van der Waals surface area contributed by atoms with E-state index in [4.69, 9.17) is 4.42 Å². The molecule has 1 N–H and O–H groups in total. The molecule has 0 saturated heterocycles. The second-order valence-corrected chi connectivity index (χ2v) is 6.00. The standard InChI is InChI=1S/C18H18N6O2/c1-12-14(11-20-23(12)2)18(25)19-7-5-13-10-17-21-15(6-8-24(17)22-13)16-4-3-9-26-16/h3-4,6,8-11H,5,7H2,1-2H3,(H,19,25). The van der Waals surface area contributed by atoms with E-state index in [1.165, 1.54) is 0 Å². The Balaban J connectivity index is 1.43. The molecule has 4 aromatic rings. The highest BCUT2D eigenvalue weighted by molar-refractivity contribution is 5.95. The van der Waals surface area contributed by atoms with E-state index in [9.17, 15) is 4.79 Å². The molecular weight excluding hydrogens is 332 g/mol. The van der Waals surface area contributed by atoms with Gasteiger partial charge in [-0.15, -0.1) is 0 Å². The number of carbonyl (C=O) groups is 1. The average molecular weight is 350 g/mol. The van der Waals surface area contributed by atoms with Crippen molar-refractivity contribution >= 4 is 11.6 Å². The summed E-state index contributed by atoms with van der Waals surface area (Å²) < 4.78 is 8.77. The Morgan fingerprint density at radius 1 is 1.35 bits per heavy atom. The van der Waals surface area contributed by atoms with Crippen LogP contribution in [0.15, 0.2) is 47.3 Å². The Hall–Kier alpha value is -3.42. The SMILES string of the molecule is Cc1c(C(=O)NCCc2cc3nc(-c4ccco4)ccn3n2)cnn1C. The Labute approximate surface area is 149 Å². The van der Waals surface area contributed by atoms with Crippen molar-refractivity contribution in [2.45, 2.75) is 13.3 Å². The van der Waals surface area contributed by atoms with Gasteiger partial charge in [-0.2, -0.15) is 10.2 Å². The van der Waals surface area contributed by atoms with Crippen LogP contribution in [0.2, 0.25) is 0 Å². The Bertz CT molecular complexity index is 1060. The third kappa shape index (κ3) is 2.97.